The van der Waals surface area contributed by atoms with Gasteiger partial charge in [-0.1, -0.05) is 0 Å². The minimum absolute atomic E-state index is 0.0119. The zero-order valence-electron chi connectivity index (χ0n) is 8.45. The number of nitrogens with two attached hydrogens (primary N) is 1. The van der Waals surface area contributed by atoms with Crippen LogP contribution in [-0.4, -0.2) is 23.5 Å². The van der Waals surface area contributed by atoms with Gasteiger partial charge in [0.25, 0.3) is 5.91 Å². The molecule has 3 N–H and O–H groups in total. The van der Waals surface area contributed by atoms with E-state index < -0.39 is 0 Å². The average molecular weight is 193 g/mol. The summed E-state index contributed by atoms with van der Waals surface area (Å²) in [7, 11) is 0. The summed E-state index contributed by atoms with van der Waals surface area (Å²) in [5.41, 5.74) is 6.74. The molecular formula is C10H15N3O. The maximum absolute atomic E-state index is 11.6. The fourth-order valence-electron chi connectivity index (χ4n) is 1.08. The molecule has 0 aliphatic rings. The summed E-state index contributed by atoms with van der Waals surface area (Å²) >= 11 is 0. The lowest BCUT2D eigenvalue weighted by Gasteiger charge is -2.11. The van der Waals surface area contributed by atoms with Gasteiger partial charge in [0.2, 0.25) is 0 Å². The lowest BCUT2D eigenvalue weighted by molar-refractivity contribution is 0.0940. The van der Waals surface area contributed by atoms with Gasteiger partial charge in [-0.05, 0) is 26.0 Å². The van der Waals surface area contributed by atoms with Crippen molar-refractivity contribution in [1.82, 2.24) is 10.3 Å². The van der Waals surface area contributed by atoms with E-state index in [1.54, 1.807) is 18.3 Å². The van der Waals surface area contributed by atoms with E-state index in [1.165, 1.54) is 0 Å². The molecule has 0 bridgehead atoms. The molecule has 0 aromatic carbocycles. The van der Waals surface area contributed by atoms with Gasteiger partial charge in [0, 0.05) is 24.5 Å². The summed E-state index contributed by atoms with van der Waals surface area (Å²) in [5, 5.41) is 2.78. The Balaban J connectivity index is 2.75. The molecule has 76 valence electrons. The summed E-state index contributed by atoms with van der Waals surface area (Å²) in [4.78, 5) is 15.7. The number of nitrogens with one attached hydrogen (secondary N) is 1. The van der Waals surface area contributed by atoms with Crippen LogP contribution < -0.4 is 11.1 Å². The van der Waals surface area contributed by atoms with Gasteiger partial charge in [-0.2, -0.15) is 0 Å². The van der Waals surface area contributed by atoms with Crippen LogP contribution in [0.3, 0.4) is 0 Å². The Morgan fingerprint density at radius 1 is 1.71 bits per heavy atom. The third-order valence-corrected chi connectivity index (χ3v) is 1.98. The van der Waals surface area contributed by atoms with Gasteiger partial charge in [0.15, 0.2) is 0 Å². The smallest absolute Gasteiger partial charge is 0.253 e. The second-order valence-corrected chi connectivity index (χ2v) is 3.25. The van der Waals surface area contributed by atoms with Crippen LogP contribution in [0.25, 0.3) is 0 Å². The predicted molar refractivity (Wildman–Crippen MR) is 55.0 cm³/mol. The van der Waals surface area contributed by atoms with Crippen LogP contribution in [0.2, 0.25) is 0 Å². The Labute approximate surface area is 83.5 Å². The lowest BCUT2D eigenvalue weighted by atomic mass is 10.2. The molecule has 1 rings (SSSR count). The molecule has 0 radical (unpaired) electrons. The standard InChI is InChI=1S/C10H15N3O/c1-7(6-11)13-10(14)9-4-3-5-12-8(9)2/h3-5,7H,6,11H2,1-2H3,(H,13,14)/t7-/m1/s1. The second kappa shape index (κ2) is 4.72. The first kappa shape index (κ1) is 10.7. The summed E-state index contributed by atoms with van der Waals surface area (Å²) < 4.78 is 0. The SMILES string of the molecule is Cc1ncccc1C(=O)N[C@H](C)CN. The fourth-order valence-corrected chi connectivity index (χ4v) is 1.08. The van der Waals surface area contributed by atoms with E-state index in [2.05, 4.69) is 10.3 Å². The molecule has 0 unspecified atom stereocenters. The number of carbonyl (C=O) groups excluding carboxylic acids is 1. The summed E-state index contributed by atoms with van der Waals surface area (Å²) in [6.45, 7) is 4.11. The van der Waals surface area contributed by atoms with Crippen molar-refractivity contribution >= 4 is 5.91 Å². The van der Waals surface area contributed by atoms with E-state index in [9.17, 15) is 4.79 Å². The van der Waals surface area contributed by atoms with Gasteiger partial charge in [-0.25, -0.2) is 0 Å². The zero-order chi connectivity index (χ0) is 10.6. The monoisotopic (exact) mass is 193 g/mol. The molecule has 4 heteroatoms. The van der Waals surface area contributed by atoms with Crippen LogP contribution in [0, 0.1) is 6.92 Å². The molecule has 0 aliphatic heterocycles. The number of hydrogen-bond donors (Lipinski definition) is 2. The zero-order valence-corrected chi connectivity index (χ0v) is 8.45. The highest BCUT2D eigenvalue weighted by Gasteiger charge is 2.10. The number of aryl methyl sites for hydroxylation is 1. The number of hydrogen-bond acceptors (Lipinski definition) is 3. The van der Waals surface area contributed by atoms with E-state index >= 15 is 0 Å². The number of amides is 1. The Hall–Kier alpha value is -1.42. The maximum Gasteiger partial charge on any atom is 0.253 e. The number of aromatic nitrogens is 1. The summed E-state index contributed by atoms with van der Waals surface area (Å²) in [6, 6.07) is 3.48. The van der Waals surface area contributed by atoms with Gasteiger partial charge in [0.05, 0.1) is 5.56 Å². The Morgan fingerprint density at radius 3 is 3.00 bits per heavy atom. The van der Waals surface area contributed by atoms with E-state index in [-0.39, 0.29) is 11.9 Å². The summed E-state index contributed by atoms with van der Waals surface area (Å²) in [6.07, 6.45) is 1.67. The maximum atomic E-state index is 11.6. The van der Waals surface area contributed by atoms with E-state index in [1.807, 2.05) is 13.8 Å². The highest BCUT2D eigenvalue weighted by atomic mass is 16.1. The van der Waals surface area contributed by atoms with Gasteiger partial charge in [-0.15, -0.1) is 0 Å². The normalized spacial score (nSPS) is 12.2. The van der Waals surface area contributed by atoms with Gasteiger partial charge >= 0.3 is 0 Å². The third-order valence-electron chi connectivity index (χ3n) is 1.98. The van der Waals surface area contributed by atoms with Crippen LogP contribution in [0.5, 0.6) is 0 Å². The number of carbonyl (C=O) groups is 1. The third kappa shape index (κ3) is 2.53. The minimum Gasteiger partial charge on any atom is -0.348 e. The van der Waals surface area contributed by atoms with Crippen molar-refractivity contribution in [3.8, 4) is 0 Å². The van der Waals surface area contributed by atoms with Crippen LogP contribution in [0.4, 0.5) is 0 Å². The van der Waals surface area contributed by atoms with Crippen LogP contribution in [0.15, 0.2) is 18.3 Å². The van der Waals surface area contributed by atoms with E-state index in [0.29, 0.717) is 12.1 Å². The topological polar surface area (TPSA) is 68.0 Å². The molecular weight excluding hydrogens is 178 g/mol. The molecule has 1 aromatic heterocycles. The molecule has 1 atom stereocenters. The quantitative estimate of drug-likeness (QED) is 0.733. The molecule has 1 aromatic rings. The van der Waals surface area contributed by atoms with Crippen molar-refractivity contribution in [2.24, 2.45) is 5.73 Å². The molecule has 14 heavy (non-hydrogen) atoms. The van der Waals surface area contributed by atoms with Crippen molar-refractivity contribution in [2.45, 2.75) is 19.9 Å². The van der Waals surface area contributed by atoms with E-state index in [4.69, 9.17) is 5.73 Å². The minimum atomic E-state index is -0.117. The van der Waals surface area contributed by atoms with Gasteiger partial charge < -0.3 is 11.1 Å². The number of nitrogens with zero attached hydrogens (tertiary/aromatic N) is 1. The molecule has 0 saturated heterocycles. The molecule has 1 heterocycles. The van der Waals surface area contributed by atoms with Gasteiger partial charge in [0.1, 0.15) is 0 Å². The Kier molecular flexibility index (Phi) is 3.59. The van der Waals surface area contributed by atoms with Crippen molar-refractivity contribution < 1.29 is 4.79 Å². The molecule has 0 saturated carbocycles. The predicted octanol–water partition coefficient (Wildman–Crippen LogP) is 0.467. The average Bonchev–Trinajstić information content (AvgIpc) is 2.18. The highest BCUT2D eigenvalue weighted by molar-refractivity contribution is 5.95. The van der Waals surface area contributed by atoms with Crippen molar-refractivity contribution in [1.29, 1.82) is 0 Å². The fraction of sp³-hybridized carbons (Fsp3) is 0.400. The molecule has 0 aliphatic carbocycles. The first-order valence-corrected chi connectivity index (χ1v) is 4.57. The lowest BCUT2D eigenvalue weighted by Crippen LogP contribution is -2.38. The van der Waals surface area contributed by atoms with Crippen molar-refractivity contribution in [2.75, 3.05) is 6.54 Å². The summed E-state index contributed by atoms with van der Waals surface area (Å²) in [5.74, 6) is -0.117. The highest BCUT2D eigenvalue weighted by Crippen LogP contribution is 2.03. The van der Waals surface area contributed by atoms with Crippen LogP contribution in [-0.2, 0) is 0 Å². The molecule has 1 amide bonds. The number of pyridine rings is 1. The first-order valence-electron chi connectivity index (χ1n) is 4.57. The first-order chi connectivity index (χ1) is 6.65. The Morgan fingerprint density at radius 2 is 2.43 bits per heavy atom. The van der Waals surface area contributed by atoms with Crippen LogP contribution in [0.1, 0.15) is 23.0 Å². The molecule has 0 fully saturated rings. The molecule has 4 nitrogen and oxygen atoms in total. The second-order valence-electron chi connectivity index (χ2n) is 3.25. The van der Waals surface area contributed by atoms with Crippen molar-refractivity contribution in [3.05, 3.63) is 29.6 Å². The number of rotatable bonds is 3. The van der Waals surface area contributed by atoms with Crippen LogP contribution >= 0.6 is 0 Å². The van der Waals surface area contributed by atoms with Crippen molar-refractivity contribution in [3.63, 3.8) is 0 Å². The Bertz CT molecular complexity index is 325. The molecule has 0 spiro atoms. The van der Waals surface area contributed by atoms with Gasteiger partial charge in [-0.3, -0.25) is 9.78 Å². The van der Waals surface area contributed by atoms with E-state index in [0.717, 1.165) is 5.69 Å². The largest absolute Gasteiger partial charge is 0.348 e.